The number of carbonyl (C=O) groups excluding carboxylic acids is 3. The molecule has 0 aliphatic heterocycles. The van der Waals surface area contributed by atoms with Crippen LogP contribution in [0.2, 0.25) is 0 Å². The number of methoxy groups -OCH3 is 2. The highest BCUT2D eigenvalue weighted by Gasteiger charge is 2.15. The van der Waals surface area contributed by atoms with Crippen molar-refractivity contribution in [2.75, 3.05) is 35.5 Å². The quantitative estimate of drug-likeness (QED) is 0.0829. The summed E-state index contributed by atoms with van der Waals surface area (Å²) >= 11 is 0. The summed E-state index contributed by atoms with van der Waals surface area (Å²) in [6, 6.07) is 35.6. The number of halogens is 2. The summed E-state index contributed by atoms with van der Waals surface area (Å²) in [5, 5.41) is 21.2. The molecule has 0 unspecified atom stereocenters. The van der Waals surface area contributed by atoms with E-state index in [-0.39, 0.29) is 17.2 Å². The molecule has 0 aliphatic carbocycles. The first-order valence-electron chi connectivity index (χ1n) is 19.3. The predicted octanol–water partition coefficient (Wildman–Crippen LogP) is 10.6. The number of primary amides is 1. The van der Waals surface area contributed by atoms with E-state index in [0.29, 0.717) is 84.6 Å². The van der Waals surface area contributed by atoms with Crippen molar-refractivity contribution in [2.45, 2.75) is 0 Å². The summed E-state index contributed by atoms with van der Waals surface area (Å²) in [5.41, 5.74) is 9.19. The van der Waals surface area contributed by atoms with Gasteiger partial charge in [0.2, 0.25) is 0 Å². The lowest BCUT2D eigenvalue weighted by molar-refractivity contribution is 0.0997. The van der Waals surface area contributed by atoms with Crippen LogP contribution < -0.4 is 45.9 Å². The standard InChI is InChI=1S/C24H19FN4O4.C24H17FN4O3/c1-32-22-13-18-20(12-19(22)23(26)30)27-11-10-21(18)33-17-8-6-16(7-9-17)29-24(31)28-15-4-2-14(25)3-5-15;1-31-23-13-20-21(12-15(23)14-26)27-11-10-22(20)32-19-8-6-18(7-9-19)29-24(30)28-17-4-2-16(25)3-5-17/h2-13H,1H3,(H2,26,30)(H2,28,29,31);2-13H,1H3,(H2,28,29,30). The minimum absolute atomic E-state index is 0.226. The van der Waals surface area contributed by atoms with Gasteiger partial charge in [-0.25, -0.2) is 18.4 Å². The second-order valence-corrected chi connectivity index (χ2v) is 13.7. The lowest BCUT2D eigenvalue weighted by Gasteiger charge is -2.12. The van der Waals surface area contributed by atoms with Crippen LogP contribution in [0.25, 0.3) is 21.8 Å². The number of nitriles is 1. The summed E-state index contributed by atoms with van der Waals surface area (Å²) in [4.78, 5) is 44.5. The molecule has 0 saturated heterocycles. The van der Waals surface area contributed by atoms with Crippen molar-refractivity contribution in [3.63, 3.8) is 0 Å². The number of rotatable bonds is 11. The van der Waals surface area contributed by atoms with Crippen LogP contribution in [0.5, 0.6) is 34.5 Å². The molecule has 0 fully saturated rings. The van der Waals surface area contributed by atoms with Gasteiger partial charge in [-0.3, -0.25) is 14.8 Å². The van der Waals surface area contributed by atoms with Crippen molar-refractivity contribution in [2.24, 2.45) is 5.73 Å². The van der Waals surface area contributed by atoms with Gasteiger partial charge in [-0.2, -0.15) is 5.26 Å². The number of anilines is 4. The van der Waals surface area contributed by atoms with Gasteiger partial charge >= 0.3 is 12.1 Å². The van der Waals surface area contributed by atoms with Crippen LogP contribution in [0.15, 0.2) is 146 Å². The fourth-order valence-electron chi connectivity index (χ4n) is 6.21. The Morgan fingerprint density at radius 3 is 1.31 bits per heavy atom. The van der Waals surface area contributed by atoms with E-state index in [2.05, 4.69) is 37.3 Å². The van der Waals surface area contributed by atoms with Gasteiger partial charge in [-0.05, 0) is 133 Å². The molecular weight excluding hydrogens is 839 g/mol. The molecule has 0 aliphatic rings. The number of nitrogens with two attached hydrogens (primary N) is 1. The third kappa shape index (κ3) is 11.2. The minimum Gasteiger partial charge on any atom is -0.496 e. The molecule has 17 heteroatoms. The molecular formula is C48H36F2N8O7. The SMILES string of the molecule is COc1cc2c(Oc3ccc(NC(=O)Nc4ccc(F)cc4)cc3)ccnc2cc1C#N.COc1cc2c(Oc3ccc(NC(=O)Nc4ccc(F)cc4)cc3)ccnc2cc1C(N)=O. The molecule has 2 aromatic heterocycles. The van der Waals surface area contributed by atoms with Crippen LogP contribution in [0.3, 0.4) is 0 Å². The van der Waals surface area contributed by atoms with Gasteiger partial charge in [0.05, 0.1) is 36.4 Å². The molecule has 65 heavy (non-hydrogen) atoms. The highest BCUT2D eigenvalue weighted by Crippen LogP contribution is 2.35. The van der Waals surface area contributed by atoms with Crippen LogP contribution >= 0.6 is 0 Å². The van der Waals surface area contributed by atoms with Gasteiger partial charge in [-0.1, -0.05) is 0 Å². The fourth-order valence-corrected chi connectivity index (χ4v) is 6.21. The van der Waals surface area contributed by atoms with E-state index in [4.69, 9.17) is 24.7 Å². The number of nitrogens with one attached hydrogen (secondary N) is 4. The van der Waals surface area contributed by atoms with Gasteiger partial charge in [0.15, 0.2) is 0 Å². The smallest absolute Gasteiger partial charge is 0.323 e. The molecule has 8 aromatic rings. The van der Waals surface area contributed by atoms with Crippen molar-refractivity contribution >= 4 is 62.5 Å². The monoisotopic (exact) mass is 874 g/mol. The molecule has 15 nitrogen and oxygen atoms in total. The number of hydrogen-bond donors (Lipinski definition) is 5. The summed E-state index contributed by atoms with van der Waals surface area (Å²) in [7, 11) is 2.94. The number of hydrogen-bond acceptors (Lipinski definition) is 10. The van der Waals surface area contributed by atoms with Crippen molar-refractivity contribution < 1.29 is 42.1 Å². The van der Waals surface area contributed by atoms with Gasteiger partial charge in [-0.15, -0.1) is 0 Å². The van der Waals surface area contributed by atoms with Crippen LogP contribution in [0.4, 0.5) is 41.1 Å². The maximum absolute atomic E-state index is 13.0. The van der Waals surface area contributed by atoms with Crippen molar-refractivity contribution in [3.05, 3.63) is 169 Å². The summed E-state index contributed by atoms with van der Waals surface area (Å²) in [6.45, 7) is 0. The maximum Gasteiger partial charge on any atom is 0.323 e. The second kappa shape index (κ2) is 20.0. The summed E-state index contributed by atoms with van der Waals surface area (Å²) in [5.74, 6) is 1.49. The van der Waals surface area contributed by atoms with Gasteiger partial charge in [0.25, 0.3) is 5.91 Å². The van der Waals surface area contributed by atoms with Crippen molar-refractivity contribution in [3.8, 4) is 40.6 Å². The second-order valence-electron chi connectivity index (χ2n) is 13.7. The first kappa shape index (κ1) is 43.8. The van der Waals surface area contributed by atoms with Crippen LogP contribution in [-0.2, 0) is 0 Å². The Morgan fingerprint density at radius 2 is 0.923 bits per heavy atom. The van der Waals surface area contributed by atoms with Gasteiger partial charge in [0.1, 0.15) is 52.2 Å². The number of amides is 5. The zero-order chi connectivity index (χ0) is 45.9. The normalized spacial score (nSPS) is 10.4. The Morgan fingerprint density at radius 1 is 0.538 bits per heavy atom. The van der Waals surface area contributed by atoms with E-state index in [9.17, 15) is 28.4 Å². The number of nitrogens with zero attached hydrogens (tertiary/aromatic N) is 3. The molecule has 0 saturated carbocycles. The Labute approximate surface area is 369 Å². The molecule has 6 aromatic carbocycles. The average molecular weight is 875 g/mol. The molecule has 324 valence electrons. The molecule has 5 amide bonds. The number of aromatic nitrogens is 2. The van der Waals surface area contributed by atoms with Gasteiger partial charge < -0.3 is 45.9 Å². The Bertz CT molecular complexity index is 3060. The number of fused-ring (bicyclic) bond motifs is 2. The molecule has 6 N–H and O–H groups in total. The highest BCUT2D eigenvalue weighted by molar-refractivity contribution is 6.02. The number of ether oxygens (including phenoxy) is 4. The zero-order valence-electron chi connectivity index (χ0n) is 34.4. The first-order valence-corrected chi connectivity index (χ1v) is 19.3. The Kier molecular flexibility index (Phi) is 13.5. The van der Waals surface area contributed by atoms with Crippen LogP contribution in [0.1, 0.15) is 15.9 Å². The predicted molar refractivity (Wildman–Crippen MR) is 241 cm³/mol. The number of pyridine rings is 2. The molecule has 2 heterocycles. The topological polar surface area (TPSA) is 212 Å². The Hall–Kier alpha value is -9.30. The Balaban J connectivity index is 0.000000194. The van der Waals surface area contributed by atoms with E-state index >= 15 is 0 Å². The molecule has 0 atom stereocenters. The summed E-state index contributed by atoms with van der Waals surface area (Å²) < 4.78 is 48.5. The van der Waals surface area contributed by atoms with Crippen molar-refractivity contribution in [1.29, 1.82) is 5.26 Å². The first-order chi connectivity index (χ1) is 31.5. The number of benzene rings is 6. The largest absolute Gasteiger partial charge is 0.496 e. The van der Waals surface area contributed by atoms with Crippen LogP contribution in [0, 0.1) is 23.0 Å². The third-order valence-electron chi connectivity index (χ3n) is 9.32. The van der Waals surface area contributed by atoms with Crippen LogP contribution in [-0.4, -0.2) is 42.2 Å². The minimum atomic E-state index is -0.617. The lowest BCUT2D eigenvalue weighted by atomic mass is 10.1. The van der Waals surface area contributed by atoms with Crippen molar-refractivity contribution in [1.82, 2.24) is 9.97 Å². The van der Waals surface area contributed by atoms with E-state index in [1.165, 1.54) is 62.8 Å². The van der Waals surface area contributed by atoms with E-state index in [1.54, 1.807) is 97.3 Å². The van der Waals surface area contributed by atoms with E-state index in [1.807, 2.05) is 0 Å². The maximum atomic E-state index is 13.0. The number of urea groups is 2. The molecule has 8 rings (SSSR count). The van der Waals surface area contributed by atoms with Gasteiger partial charge in [0, 0.05) is 45.9 Å². The lowest BCUT2D eigenvalue weighted by Crippen LogP contribution is -2.19. The van der Waals surface area contributed by atoms with E-state index in [0.717, 1.165) is 0 Å². The highest BCUT2D eigenvalue weighted by atomic mass is 19.1. The molecule has 0 radical (unpaired) electrons. The third-order valence-corrected chi connectivity index (χ3v) is 9.32. The number of carbonyl (C=O) groups is 3. The fraction of sp³-hybridized carbons (Fsp3) is 0.0417. The molecule has 0 spiro atoms. The zero-order valence-corrected chi connectivity index (χ0v) is 34.4. The molecule has 0 bridgehead atoms. The average Bonchev–Trinajstić information content (AvgIpc) is 3.31. The van der Waals surface area contributed by atoms with E-state index < -0.39 is 18.0 Å². The summed E-state index contributed by atoms with van der Waals surface area (Å²) in [6.07, 6.45) is 3.16.